The highest BCUT2D eigenvalue weighted by molar-refractivity contribution is 6.00. The van der Waals surface area contributed by atoms with Crippen LogP contribution in [-0.4, -0.2) is 42.5 Å². The van der Waals surface area contributed by atoms with Gasteiger partial charge in [0, 0.05) is 38.6 Å². The van der Waals surface area contributed by atoms with E-state index < -0.39 is 0 Å². The molecular weight excluding hydrogens is 306 g/mol. The zero-order valence-corrected chi connectivity index (χ0v) is 14.0. The van der Waals surface area contributed by atoms with Crippen LogP contribution in [0.2, 0.25) is 0 Å². The van der Waals surface area contributed by atoms with E-state index in [4.69, 9.17) is 0 Å². The maximum atomic E-state index is 12.3. The molecule has 126 valence electrons. The summed E-state index contributed by atoms with van der Waals surface area (Å²) in [4.78, 5) is 29.6. The quantitative estimate of drug-likeness (QED) is 0.788. The minimum absolute atomic E-state index is 0.175. The van der Waals surface area contributed by atoms with Gasteiger partial charge >= 0.3 is 6.03 Å². The molecule has 0 spiro atoms. The highest BCUT2D eigenvalue weighted by Crippen LogP contribution is 2.24. The topological polar surface area (TPSA) is 86.4 Å². The number of hydrogen-bond donors (Lipinski definition) is 3. The van der Waals surface area contributed by atoms with Gasteiger partial charge in [-0.3, -0.25) is 10.1 Å². The molecule has 7 heteroatoms. The first-order valence-electron chi connectivity index (χ1n) is 7.60. The van der Waals surface area contributed by atoms with E-state index in [-0.39, 0.29) is 11.9 Å². The van der Waals surface area contributed by atoms with E-state index in [1.54, 1.807) is 20.2 Å². The van der Waals surface area contributed by atoms with E-state index in [9.17, 15) is 9.59 Å². The van der Waals surface area contributed by atoms with E-state index in [1.165, 1.54) is 11.1 Å². The number of urea groups is 1. The van der Waals surface area contributed by atoms with Crippen molar-refractivity contribution in [2.45, 2.75) is 6.92 Å². The van der Waals surface area contributed by atoms with Crippen LogP contribution < -0.4 is 16.0 Å². The summed E-state index contributed by atoms with van der Waals surface area (Å²) < 4.78 is 0. The van der Waals surface area contributed by atoms with Crippen LogP contribution in [0.25, 0.3) is 0 Å². The second-order valence-electron chi connectivity index (χ2n) is 5.29. The van der Waals surface area contributed by atoms with Crippen molar-refractivity contribution in [3.05, 3.63) is 48.2 Å². The lowest BCUT2D eigenvalue weighted by molar-refractivity contribution is 0.0828. The molecule has 1 aromatic carbocycles. The van der Waals surface area contributed by atoms with Gasteiger partial charge in [-0.2, -0.15) is 0 Å². The van der Waals surface area contributed by atoms with E-state index in [2.05, 4.69) is 20.9 Å². The number of para-hydroxylation sites is 1. The second kappa shape index (κ2) is 7.96. The van der Waals surface area contributed by atoms with Crippen molar-refractivity contribution in [2.24, 2.45) is 0 Å². The molecule has 1 aromatic heterocycles. The zero-order chi connectivity index (χ0) is 17.5. The molecule has 0 bridgehead atoms. The van der Waals surface area contributed by atoms with Crippen molar-refractivity contribution >= 4 is 29.1 Å². The molecule has 24 heavy (non-hydrogen) atoms. The molecule has 0 fully saturated rings. The van der Waals surface area contributed by atoms with Gasteiger partial charge in [0.15, 0.2) is 0 Å². The molecular formula is C17H21N5O2. The summed E-state index contributed by atoms with van der Waals surface area (Å²) in [6.45, 7) is 2.34. The number of amides is 3. The molecule has 2 rings (SSSR count). The smallest absolute Gasteiger partial charge is 0.320 e. The molecule has 2 aromatic rings. The van der Waals surface area contributed by atoms with Crippen LogP contribution in [0.3, 0.4) is 0 Å². The monoisotopic (exact) mass is 327 g/mol. The van der Waals surface area contributed by atoms with E-state index in [0.717, 1.165) is 5.69 Å². The maximum Gasteiger partial charge on any atom is 0.320 e. The zero-order valence-electron chi connectivity index (χ0n) is 14.0. The van der Waals surface area contributed by atoms with Crippen molar-refractivity contribution in [2.75, 3.05) is 31.3 Å². The van der Waals surface area contributed by atoms with Crippen LogP contribution in [0.4, 0.5) is 22.0 Å². The summed E-state index contributed by atoms with van der Waals surface area (Å²) in [5.74, 6) is 0.181. The van der Waals surface area contributed by atoms with Crippen LogP contribution in [0.1, 0.15) is 17.3 Å². The van der Waals surface area contributed by atoms with Crippen LogP contribution >= 0.6 is 0 Å². The number of hydrogen-bond acceptors (Lipinski definition) is 4. The molecule has 0 saturated carbocycles. The minimum Gasteiger partial charge on any atom is -0.355 e. The van der Waals surface area contributed by atoms with Crippen molar-refractivity contribution in [1.29, 1.82) is 0 Å². The van der Waals surface area contributed by atoms with E-state index in [1.807, 2.05) is 37.3 Å². The molecule has 0 aliphatic rings. The fourth-order valence-corrected chi connectivity index (χ4v) is 2.04. The number of nitrogens with zero attached hydrogens (tertiary/aromatic N) is 2. The van der Waals surface area contributed by atoms with Crippen LogP contribution in [0.5, 0.6) is 0 Å². The largest absolute Gasteiger partial charge is 0.355 e. The molecule has 0 aliphatic heterocycles. The highest BCUT2D eigenvalue weighted by atomic mass is 16.2. The molecule has 3 amide bonds. The van der Waals surface area contributed by atoms with Gasteiger partial charge < -0.3 is 15.5 Å². The summed E-state index contributed by atoms with van der Waals surface area (Å²) in [5.41, 5.74) is 1.83. The van der Waals surface area contributed by atoms with Gasteiger partial charge in [0.2, 0.25) is 0 Å². The molecule has 1 heterocycles. The fraction of sp³-hybridized carbons (Fsp3) is 0.235. The summed E-state index contributed by atoms with van der Waals surface area (Å²) in [6.07, 6.45) is 1.45. The lowest BCUT2D eigenvalue weighted by atomic mass is 10.2. The lowest BCUT2D eigenvalue weighted by Crippen LogP contribution is -2.29. The third kappa shape index (κ3) is 4.45. The number of rotatable bonds is 5. The number of benzene rings is 1. The Morgan fingerprint density at radius 3 is 2.50 bits per heavy atom. The number of carbonyl (C=O) groups excluding carboxylic acids is 2. The van der Waals surface area contributed by atoms with Gasteiger partial charge in [-0.1, -0.05) is 18.2 Å². The average Bonchev–Trinajstić information content (AvgIpc) is 2.55. The first-order valence-corrected chi connectivity index (χ1v) is 7.60. The lowest BCUT2D eigenvalue weighted by Gasteiger charge is -2.16. The number of aromatic nitrogens is 1. The molecule has 3 N–H and O–H groups in total. The van der Waals surface area contributed by atoms with Gasteiger partial charge in [-0.05, 0) is 19.1 Å². The average molecular weight is 327 g/mol. The van der Waals surface area contributed by atoms with Crippen molar-refractivity contribution in [3.8, 4) is 0 Å². The van der Waals surface area contributed by atoms with E-state index in [0.29, 0.717) is 23.6 Å². The maximum absolute atomic E-state index is 12.3. The van der Waals surface area contributed by atoms with Gasteiger partial charge in [0.1, 0.15) is 5.82 Å². The number of anilines is 3. The standard InChI is InChI=1S/C17H21N5O2/c1-4-18-17(24)21-15-10-14(20-12-8-6-5-7-9-12)13(11-19-15)16(23)22(2)3/h5-11H,4H2,1-3H3,(H3,18,19,20,21,24). The van der Waals surface area contributed by atoms with Crippen molar-refractivity contribution in [3.63, 3.8) is 0 Å². The number of nitrogens with one attached hydrogen (secondary N) is 3. The molecule has 0 aliphatic carbocycles. The van der Waals surface area contributed by atoms with E-state index >= 15 is 0 Å². The van der Waals surface area contributed by atoms with Crippen LogP contribution in [-0.2, 0) is 0 Å². The number of pyridine rings is 1. The van der Waals surface area contributed by atoms with Crippen LogP contribution in [0, 0.1) is 0 Å². The Balaban J connectivity index is 2.34. The Hall–Kier alpha value is -3.09. The molecule has 7 nitrogen and oxygen atoms in total. The second-order valence-corrected chi connectivity index (χ2v) is 5.29. The SMILES string of the molecule is CCNC(=O)Nc1cc(Nc2ccccc2)c(C(=O)N(C)C)cn1. The predicted octanol–water partition coefficient (Wildman–Crippen LogP) is 2.67. The third-order valence-electron chi connectivity index (χ3n) is 3.17. The number of carbonyl (C=O) groups is 2. The molecule has 0 unspecified atom stereocenters. The van der Waals surface area contributed by atoms with Gasteiger partial charge in [-0.25, -0.2) is 9.78 Å². The third-order valence-corrected chi connectivity index (χ3v) is 3.17. The van der Waals surface area contributed by atoms with Crippen molar-refractivity contribution < 1.29 is 9.59 Å². The Bertz CT molecular complexity index is 716. The predicted molar refractivity (Wildman–Crippen MR) is 94.7 cm³/mol. The summed E-state index contributed by atoms with van der Waals surface area (Å²) >= 11 is 0. The minimum atomic E-state index is -0.345. The van der Waals surface area contributed by atoms with Gasteiger partial charge in [0.05, 0.1) is 11.3 Å². The summed E-state index contributed by atoms with van der Waals surface area (Å²) in [6, 6.07) is 10.8. The summed E-state index contributed by atoms with van der Waals surface area (Å²) in [5, 5.41) is 8.47. The highest BCUT2D eigenvalue weighted by Gasteiger charge is 2.16. The Labute approximate surface area is 141 Å². The summed E-state index contributed by atoms with van der Waals surface area (Å²) in [7, 11) is 3.35. The molecule has 0 saturated heterocycles. The molecule has 0 atom stereocenters. The Morgan fingerprint density at radius 2 is 1.88 bits per heavy atom. The Morgan fingerprint density at radius 1 is 1.17 bits per heavy atom. The first-order chi connectivity index (χ1) is 11.5. The van der Waals surface area contributed by atoms with Crippen molar-refractivity contribution in [1.82, 2.24) is 15.2 Å². The van der Waals surface area contributed by atoms with Gasteiger partial charge in [0.25, 0.3) is 5.91 Å². The fourth-order valence-electron chi connectivity index (χ4n) is 2.04. The Kier molecular flexibility index (Phi) is 5.73. The first kappa shape index (κ1) is 17.3. The normalized spacial score (nSPS) is 9.96. The van der Waals surface area contributed by atoms with Crippen LogP contribution in [0.15, 0.2) is 42.6 Å². The van der Waals surface area contributed by atoms with Gasteiger partial charge in [-0.15, -0.1) is 0 Å². The molecule has 0 radical (unpaired) electrons.